The zero-order valence-electron chi connectivity index (χ0n) is 15.7. The van der Waals surface area contributed by atoms with E-state index in [1.165, 1.54) is 0 Å². The summed E-state index contributed by atoms with van der Waals surface area (Å²) in [5.41, 5.74) is 7.41. The highest BCUT2D eigenvalue weighted by Gasteiger charge is 2.29. The lowest BCUT2D eigenvalue weighted by Crippen LogP contribution is -2.48. The molecule has 1 saturated heterocycles. The van der Waals surface area contributed by atoms with Gasteiger partial charge < -0.3 is 20.9 Å². The van der Waals surface area contributed by atoms with Gasteiger partial charge in [0.1, 0.15) is 0 Å². The number of urea groups is 1. The van der Waals surface area contributed by atoms with Crippen LogP contribution in [-0.4, -0.2) is 48.4 Å². The quantitative estimate of drug-likeness (QED) is 0.860. The number of amides is 3. The summed E-state index contributed by atoms with van der Waals surface area (Å²) in [7, 11) is 3.93. The number of hydrogen-bond acceptors (Lipinski definition) is 3. The number of carbonyl (C=O) groups is 2. The van der Waals surface area contributed by atoms with Crippen LogP contribution in [-0.2, 0) is 6.54 Å². The van der Waals surface area contributed by atoms with Crippen LogP contribution in [0.25, 0.3) is 0 Å². The molecule has 138 valence electrons. The Morgan fingerprint density at radius 1 is 1.32 bits per heavy atom. The Labute approximate surface area is 150 Å². The van der Waals surface area contributed by atoms with Gasteiger partial charge in [-0.3, -0.25) is 4.79 Å². The summed E-state index contributed by atoms with van der Waals surface area (Å²) in [4.78, 5) is 28.3. The summed E-state index contributed by atoms with van der Waals surface area (Å²) in [6.07, 6.45) is 3.23. The Kier molecular flexibility index (Phi) is 6.42. The molecule has 1 fully saturated rings. The van der Waals surface area contributed by atoms with Crippen molar-refractivity contribution in [3.05, 3.63) is 29.3 Å². The minimum absolute atomic E-state index is 0.0972. The molecule has 0 aromatic heterocycles. The monoisotopic (exact) mass is 346 g/mol. The number of benzene rings is 1. The number of piperidine rings is 1. The molecular weight excluding hydrogens is 316 g/mol. The highest BCUT2D eigenvalue weighted by atomic mass is 16.2. The SMILES string of the molecule is CC(C)C1CCCCN1C(=O)Nc1cc(C(N)=O)ccc1CN(C)C. The van der Waals surface area contributed by atoms with Gasteiger partial charge in [0, 0.05) is 30.4 Å². The second-order valence-corrected chi connectivity index (χ2v) is 7.40. The standard InChI is InChI=1S/C19H30N4O2/c1-13(2)17-7-5-6-10-23(17)19(25)21-16-11-14(18(20)24)8-9-15(16)12-22(3)4/h8-9,11,13,17H,5-7,10,12H2,1-4H3,(H2,20,24)(H,21,25). The fourth-order valence-corrected chi connectivity index (χ4v) is 3.41. The topological polar surface area (TPSA) is 78.7 Å². The molecule has 3 amide bonds. The summed E-state index contributed by atoms with van der Waals surface area (Å²) in [5, 5.41) is 3.02. The number of primary amides is 1. The second-order valence-electron chi connectivity index (χ2n) is 7.40. The van der Waals surface area contributed by atoms with Gasteiger partial charge in [0.15, 0.2) is 0 Å². The first kappa shape index (κ1) is 19.2. The maximum Gasteiger partial charge on any atom is 0.322 e. The van der Waals surface area contributed by atoms with Gasteiger partial charge in [-0.1, -0.05) is 19.9 Å². The number of nitrogens with zero attached hydrogens (tertiary/aromatic N) is 2. The maximum absolute atomic E-state index is 12.9. The molecule has 1 aliphatic rings. The van der Waals surface area contributed by atoms with Crippen LogP contribution in [0.5, 0.6) is 0 Å². The molecule has 0 aliphatic carbocycles. The molecule has 25 heavy (non-hydrogen) atoms. The first-order chi connectivity index (χ1) is 11.8. The van der Waals surface area contributed by atoms with Crippen LogP contribution in [0.4, 0.5) is 10.5 Å². The van der Waals surface area contributed by atoms with E-state index in [1.54, 1.807) is 12.1 Å². The summed E-state index contributed by atoms with van der Waals surface area (Å²) < 4.78 is 0. The van der Waals surface area contributed by atoms with Gasteiger partial charge in [-0.2, -0.15) is 0 Å². The van der Waals surface area contributed by atoms with E-state index in [4.69, 9.17) is 5.73 Å². The van der Waals surface area contributed by atoms with Gasteiger partial charge in [0.25, 0.3) is 0 Å². The number of nitrogens with two attached hydrogens (primary N) is 1. The first-order valence-corrected chi connectivity index (χ1v) is 8.94. The molecule has 1 atom stereocenters. The van der Waals surface area contributed by atoms with E-state index in [-0.39, 0.29) is 12.1 Å². The number of anilines is 1. The third-order valence-corrected chi connectivity index (χ3v) is 4.70. The molecule has 1 unspecified atom stereocenters. The number of hydrogen-bond donors (Lipinski definition) is 2. The molecule has 2 rings (SSSR count). The third kappa shape index (κ3) is 4.95. The Balaban J connectivity index is 2.25. The van der Waals surface area contributed by atoms with Gasteiger partial charge >= 0.3 is 6.03 Å². The van der Waals surface area contributed by atoms with Crippen LogP contribution in [0.1, 0.15) is 49.0 Å². The molecule has 3 N–H and O–H groups in total. The zero-order valence-corrected chi connectivity index (χ0v) is 15.7. The predicted molar refractivity (Wildman–Crippen MR) is 101 cm³/mol. The van der Waals surface area contributed by atoms with Crippen LogP contribution >= 0.6 is 0 Å². The van der Waals surface area contributed by atoms with Crippen LogP contribution in [0, 0.1) is 5.92 Å². The summed E-state index contributed by atoms with van der Waals surface area (Å²) >= 11 is 0. The van der Waals surface area contributed by atoms with E-state index in [2.05, 4.69) is 19.2 Å². The van der Waals surface area contributed by atoms with Crippen LogP contribution < -0.4 is 11.1 Å². The van der Waals surface area contributed by atoms with Crippen molar-refractivity contribution in [3.8, 4) is 0 Å². The molecule has 6 heteroatoms. The predicted octanol–water partition coefficient (Wildman–Crippen LogP) is 2.89. The maximum atomic E-state index is 12.9. The van der Waals surface area contributed by atoms with Gasteiger partial charge in [-0.05, 0) is 57.0 Å². The van der Waals surface area contributed by atoms with Crippen molar-refractivity contribution in [1.29, 1.82) is 0 Å². The third-order valence-electron chi connectivity index (χ3n) is 4.70. The van der Waals surface area contributed by atoms with Gasteiger partial charge in [0.05, 0.1) is 0 Å². The van der Waals surface area contributed by atoms with Crippen molar-refractivity contribution in [2.24, 2.45) is 11.7 Å². The van der Waals surface area contributed by atoms with Crippen LogP contribution in [0.2, 0.25) is 0 Å². The largest absolute Gasteiger partial charge is 0.366 e. The fourth-order valence-electron chi connectivity index (χ4n) is 3.41. The number of nitrogens with one attached hydrogen (secondary N) is 1. The molecule has 1 aromatic carbocycles. The fraction of sp³-hybridized carbons (Fsp3) is 0.579. The number of likely N-dealkylation sites (tertiary alicyclic amines) is 1. The normalized spacial score (nSPS) is 17.8. The van der Waals surface area contributed by atoms with Crippen LogP contribution in [0.15, 0.2) is 18.2 Å². The molecule has 1 aliphatic heterocycles. The van der Waals surface area contributed by atoms with E-state index < -0.39 is 5.91 Å². The van der Waals surface area contributed by atoms with Crippen molar-refractivity contribution in [2.45, 2.75) is 45.7 Å². The van der Waals surface area contributed by atoms with E-state index in [0.717, 1.165) is 31.4 Å². The lowest BCUT2D eigenvalue weighted by Gasteiger charge is -2.38. The lowest BCUT2D eigenvalue weighted by molar-refractivity contribution is 0.1000. The molecule has 1 heterocycles. The Morgan fingerprint density at radius 3 is 2.64 bits per heavy atom. The van der Waals surface area contributed by atoms with E-state index >= 15 is 0 Å². The Bertz CT molecular complexity index is 628. The Hall–Kier alpha value is -2.08. The molecule has 0 saturated carbocycles. The molecule has 6 nitrogen and oxygen atoms in total. The summed E-state index contributed by atoms with van der Waals surface area (Å²) in [5.74, 6) is -0.0748. The highest BCUT2D eigenvalue weighted by Crippen LogP contribution is 2.25. The molecule has 0 radical (unpaired) electrons. The van der Waals surface area contributed by atoms with Gasteiger partial charge in [-0.25, -0.2) is 4.79 Å². The average molecular weight is 346 g/mol. The van der Waals surface area contributed by atoms with Gasteiger partial charge in [0.2, 0.25) is 5.91 Å². The molecule has 1 aromatic rings. The summed E-state index contributed by atoms with van der Waals surface area (Å²) in [6, 6.07) is 5.39. The average Bonchev–Trinajstić information content (AvgIpc) is 2.55. The second kappa shape index (κ2) is 8.34. The lowest BCUT2D eigenvalue weighted by atomic mass is 9.93. The number of carbonyl (C=O) groups excluding carboxylic acids is 2. The van der Waals surface area contributed by atoms with Crippen molar-refractivity contribution in [2.75, 3.05) is 26.0 Å². The van der Waals surface area contributed by atoms with E-state index in [0.29, 0.717) is 23.7 Å². The molecule has 0 spiro atoms. The summed E-state index contributed by atoms with van der Waals surface area (Å²) in [6.45, 7) is 5.75. The van der Waals surface area contributed by atoms with E-state index in [9.17, 15) is 9.59 Å². The van der Waals surface area contributed by atoms with Crippen molar-refractivity contribution >= 4 is 17.6 Å². The Morgan fingerprint density at radius 2 is 2.04 bits per heavy atom. The van der Waals surface area contributed by atoms with Crippen molar-refractivity contribution < 1.29 is 9.59 Å². The van der Waals surface area contributed by atoms with Gasteiger partial charge in [-0.15, -0.1) is 0 Å². The van der Waals surface area contributed by atoms with Crippen molar-refractivity contribution in [1.82, 2.24) is 9.80 Å². The first-order valence-electron chi connectivity index (χ1n) is 8.94. The highest BCUT2D eigenvalue weighted by molar-refractivity contribution is 5.96. The van der Waals surface area contributed by atoms with Crippen molar-refractivity contribution in [3.63, 3.8) is 0 Å². The zero-order chi connectivity index (χ0) is 18.6. The van der Waals surface area contributed by atoms with E-state index in [1.807, 2.05) is 30.0 Å². The minimum atomic E-state index is -0.495. The molecule has 0 bridgehead atoms. The molecular formula is C19H30N4O2. The smallest absolute Gasteiger partial charge is 0.322 e. The van der Waals surface area contributed by atoms with Crippen LogP contribution in [0.3, 0.4) is 0 Å². The minimum Gasteiger partial charge on any atom is -0.366 e. The number of rotatable bonds is 5.